The zero-order valence-corrected chi connectivity index (χ0v) is 14.6. The highest BCUT2D eigenvalue weighted by atomic mass is 35.5. The third kappa shape index (κ3) is 3.55. The summed E-state index contributed by atoms with van der Waals surface area (Å²) in [4.78, 5) is 12.6. The second kappa shape index (κ2) is 6.32. The van der Waals surface area contributed by atoms with Crippen molar-refractivity contribution < 1.29 is 13.7 Å². The molecule has 0 saturated carbocycles. The van der Waals surface area contributed by atoms with Crippen molar-refractivity contribution >= 4 is 17.5 Å². The standard InChI is InChI=1S/C17H20ClFN2O2/c1-9-13(16(22)20-10(2)17(3,4)5)15(21-23-9)14-11(18)7-6-8-12(14)19/h6-8,10H,1-5H3,(H,20,22)/t10-/m0/s1. The number of nitrogens with one attached hydrogen (secondary N) is 1. The number of carbonyl (C=O) groups excluding carboxylic acids is 1. The van der Waals surface area contributed by atoms with E-state index in [4.69, 9.17) is 16.1 Å². The van der Waals surface area contributed by atoms with E-state index in [0.717, 1.165) is 0 Å². The predicted octanol–water partition coefficient (Wildman–Crippen LogP) is 4.61. The molecule has 23 heavy (non-hydrogen) atoms. The molecule has 124 valence electrons. The largest absolute Gasteiger partial charge is 0.360 e. The normalized spacial score (nSPS) is 13.0. The SMILES string of the molecule is Cc1onc(-c2c(F)cccc2Cl)c1C(=O)N[C@@H](C)C(C)(C)C. The Kier molecular flexibility index (Phi) is 4.80. The molecule has 4 nitrogen and oxygen atoms in total. The molecule has 1 aromatic heterocycles. The molecule has 0 aliphatic rings. The Bertz CT molecular complexity index is 714. The summed E-state index contributed by atoms with van der Waals surface area (Å²) in [6.07, 6.45) is 0. The highest BCUT2D eigenvalue weighted by Crippen LogP contribution is 2.33. The topological polar surface area (TPSA) is 55.1 Å². The Morgan fingerprint density at radius 3 is 2.61 bits per heavy atom. The maximum Gasteiger partial charge on any atom is 0.257 e. The van der Waals surface area contributed by atoms with Gasteiger partial charge in [0.1, 0.15) is 22.8 Å². The summed E-state index contributed by atoms with van der Waals surface area (Å²) in [5.74, 6) is -0.595. The van der Waals surface area contributed by atoms with E-state index in [1.807, 2.05) is 27.7 Å². The minimum atomic E-state index is -0.552. The smallest absolute Gasteiger partial charge is 0.257 e. The molecule has 1 amide bonds. The fourth-order valence-corrected chi connectivity index (χ4v) is 2.27. The quantitative estimate of drug-likeness (QED) is 0.889. The summed E-state index contributed by atoms with van der Waals surface area (Å²) < 4.78 is 19.3. The second-order valence-electron chi connectivity index (χ2n) is 6.62. The molecule has 0 spiro atoms. The van der Waals surface area contributed by atoms with Crippen molar-refractivity contribution in [2.45, 2.75) is 40.7 Å². The molecule has 0 radical (unpaired) electrons. The number of aryl methyl sites for hydroxylation is 1. The van der Waals surface area contributed by atoms with E-state index >= 15 is 0 Å². The average Bonchev–Trinajstić information content (AvgIpc) is 2.79. The number of carbonyl (C=O) groups is 1. The van der Waals surface area contributed by atoms with Crippen molar-refractivity contribution in [1.29, 1.82) is 0 Å². The van der Waals surface area contributed by atoms with E-state index in [2.05, 4.69) is 10.5 Å². The van der Waals surface area contributed by atoms with Crippen LogP contribution in [0.3, 0.4) is 0 Å². The number of hydrogen-bond acceptors (Lipinski definition) is 3. The molecule has 2 rings (SSSR count). The van der Waals surface area contributed by atoms with Gasteiger partial charge in [-0.25, -0.2) is 4.39 Å². The first kappa shape index (κ1) is 17.5. The minimum absolute atomic E-state index is 0.0691. The first-order valence-corrected chi connectivity index (χ1v) is 7.72. The van der Waals surface area contributed by atoms with Crippen molar-refractivity contribution in [3.05, 3.63) is 40.4 Å². The molecule has 2 aromatic rings. The van der Waals surface area contributed by atoms with Crippen LogP contribution < -0.4 is 5.32 Å². The predicted molar refractivity (Wildman–Crippen MR) is 88.0 cm³/mol. The Balaban J connectivity index is 2.46. The number of amides is 1. The van der Waals surface area contributed by atoms with Crippen molar-refractivity contribution in [3.8, 4) is 11.3 Å². The van der Waals surface area contributed by atoms with Crippen molar-refractivity contribution in [1.82, 2.24) is 10.5 Å². The van der Waals surface area contributed by atoms with Crippen LogP contribution in [0.25, 0.3) is 11.3 Å². The molecular weight excluding hydrogens is 319 g/mol. The molecule has 1 aromatic carbocycles. The summed E-state index contributed by atoms with van der Waals surface area (Å²) in [7, 11) is 0. The lowest BCUT2D eigenvalue weighted by molar-refractivity contribution is 0.0909. The first-order chi connectivity index (χ1) is 10.6. The summed E-state index contributed by atoms with van der Waals surface area (Å²) >= 11 is 6.07. The first-order valence-electron chi connectivity index (χ1n) is 7.34. The van der Waals surface area contributed by atoms with Gasteiger partial charge in [0.05, 0.1) is 10.6 Å². The maximum absolute atomic E-state index is 14.1. The van der Waals surface area contributed by atoms with Gasteiger partial charge in [-0.15, -0.1) is 0 Å². The van der Waals surface area contributed by atoms with Crippen LogP contribution in [0, 0.1) is 18.2 Å². The summed E-state index contributed by atoms with van der Waals surface area (Å²) in [5.41, 5.74) is 0.271. The van der Waals surface area contributed by atoms with Gasteiger partial charge >= 0.3 is 0 Å². The van der Waals surface area contributed by atoms with Gasteiger partial charge in [0.15, 0.2) is 0 Å². The molecule has 1 atom stereocenters. The van der Waals surface area contributed by atoms with Crippen LogP contribution >= 0.6 is 11.6 Å². The van der Waals surface area contributed by atoms with Gasteiger partial charge in [-0.2, -0.15) is 0 Å². The highest BCUT2D eigenvalue weighted by molar-refractivity contribution is 6.33. The van der Waals surface area contributed by atoms with Crippen LogP contribution in [0.2, 0.25) is 5.02 Å². The highest BCUT2D eigenvalue weighted by Gasteiger charge is 2.28. The van der Waals surface area contributed by atoms with Crippen molar-refractivity contribution in [2.75, 3.05) is 0 Å². The molecule has 0 bridgehead atoms. The lowest BCUT2D eigenvalue weighted by atomic mass is 9.88. The fraction of sp³-hybridized carbons (Fsp3) is 0.412. The molecular formula is C17H20ClFN2O2. The summed E-state index contributed by atoms with van der Waals surface area (Å²) in [6.45, 7) is 9.59. The zero-order chi connectivity index (χ0) is 17.4. The van der Waals surface area contributed by atoms with Gasteiger partial charge in [0.25, 0.3) is 5.91 Å². The molecule has 1 N–H and O–H groups in total. The monoisotopic (exact) mass is 338 g/mol. The van der Waals surface area contributed by atoms with Crippen molar-refractivity contribution in [2.24, 2.45) is 5.41 Å². The fourth-order valence-electron chi connectivity index (χ4n) is 2.02. The van der Waals surface area contributed by atoms with E-state index in [1.54, 1.807) is 13.0 Å². The van der Waals surface area contributed by atoms with E-state index in [-0.39, 0.29) is 39.2 Å². The van der Waals surface area contributed by atoms with Gasteiger partial charge in [0.2, 0.25) is 0 Å². The number of aromatic nitrogens is 1. The van der Waals surface area contributed by atoms with E-state index < -0.39 is 5.82 Å². The van der Waals surface area contributed by atoms with E-state index in [1.165, 1.54) is 12.1 Å². The number of rotatable bonds is 3. The molecule has 6 heteroatoms. The molecule has 0 aliphatic heterocycles. The molecule has 0 unspecified atom stereocenters. The number of nitrogens with zero attached hydrogens (tertiary/aromatic N) is 1. The summed E-state index contributed by atoms with van der Waals surface area (Å²) in [5, 5.41) is 6.92. The third-order valence-corrected chi connectivity index (χ3v) is 4.25. The van der Waals surface area contributed by atoms with Gasteiger partial charge in [0, 0.05) is 6.04 Å². The third-order valence-electron chi connectivity index (χ3n) is 3.94. The maximum atomic E-state index is 14.1. The zero-order valence-electron chi connectivity index (χ0n) is 13.8. The van der Waals surface area contributed by atoms with Gasteiger partial charge in [-0.1, -0.05) is 43.6 Å². The Hall–Kier alpha value is -1.88. The number of halogens is 2. The molecule has 0 saturated heterocycles. The van der Waals surface area contributed by atoms with Gasteiger partial charge < -0.3 is 9.84 Å². The van der Waals surface area contributed by atoms with Crippen LogP contribution in [-0.2, 0) is 0 Å². The van der Waals surface area contributed by atoms with Gasteiger partial charge in [-0.05, 0) is 31.4 Å². The van der Waals surface area contributed by atoms with Crippen molar-refractivity contribution in [3.63, 3.8) is 0 Å². The Morgan fingerprint density at radius 2 is 2.04 bits per heavy atom. The molecule has 1 heterocycles. The van der Waals surface area contributed by atoms with Crippen LogP contribution in [0.15, 0.2) is 22.7 Å². The lowest BCUT2D eigenvalue weighted by Gasteiger charge is -2.28. The minimum Gasteiger partial charge on any atom is -0.360 e. The van der Waals surface area contributed by atoms with E-state index in [9.17, 15) is 9.18 Å². The van der Waals surface area contributed by atoms with Crippen LogP contribution in [0.4, 0.5) is 4.39 Å². The average molecular weight is 339 g/mol. The van der Waals surface area contributed by atoms with Crippen LogP contribution in [-0.4, -0.2) is 17.1 Å². The second-order valence-corrected chi connectivity index (χ2v) is 7.03. The molecule has 0 fully saturated rings. The summed E-state index contributed by atoms with van der Waals surface area (Å²) in [6, 6.07) is 4.22. The molecule has 0 aliphatic carbocycles. The van der Waals surface area contributed by atoms with Crippen LogP contribution in [0.5, 0.6) is 0 Å². The van der Waals surface area contributed by atoms with Gasteiger partial charge in [-0.3, -0.25) is 4.79 Å². The lowest BCUT2D eigenvalue weighted by Crippen LogP contribution is -2.41. The Labute approximate surface area is 140 Å². The number of hydrogen-bond donors (Lipinski definition) is 1. The Morgan fingerprint density at radius 1 is 1.39 bits per heavy atom. The van der Waals surface area contributed by atoms with Crippen LogP contribution in [0.1, 0.15) is 43.8 Å². The van der Waals surface area contributed by atoms with E-state index in [0.29, 0.717) is 5.76 Å². The number of benzene rings is 1.